The highest BCUT2D eigenvalue weighted by Crippen LogP contribution is 2.22. The molecule has 1 heterocycles. The predicted molar refractivity (Wildman–Crippen MR) is 88.2 cm³/mol. The molecule has 0 spiro atoms. The lowest BCUT2D eigenvalue weighted by atomic mass is 10.3. The van der Waals surface area contributed by atoms with Gasteiger partial charge in [0, 0.05) is 10.3 Å². The van der Waals surface area contributed by atoms with Crippen LogP contribution in [0.3, 0.4) is 0 Å². The van der Waals surface area contributed by atoms with Gasteiger partial charge in [0.05, 0.1) is 24.5 Å². The van der Waals surface area contributed by atoms with E-state index < -0.39 is 0 Å². The molecule has 122 valence electrons. The summed E-state index contributed by atoms with van der Waals surface area (Å²) < 4.78 is 18.3. The number of thiazole rings is 1. The van der Waals surface area contributed by atoms with Gasteiger partial charge < -0.3 is 10.1 Å². The number of hydrogen-bond acceptors (Lipinski definition) is 6. The van der Waals surface area contributed by atoms with Crippen molar-refractivity contribution in [2.75, 3.05) is 17.7 Å². The van der Waals surface area contributed by atoms with Gasteiger partial charge in [0.1, 0.15) is 5.82 Å². The highest BCUT2D eigenvalue weighted by Gasteiger charge is 2.11. The van der Waals surface area contributed by atoms with Crippen LogP contribution in [0, 0.1) is 5.82 Å². The lowest BCUT2D eigenvalue weighted by Crippen LogP contribution is -2.14. The maximum Gasteiger partial charge on any atom is 0.311 e. The van der Waals surface area contributed by atoms with Crippen molar-refractivity contribution < 1.29 is 18.7 Å². The summed E-state index contributed by atoms with van der Waals surface area (Å²) in [5.41, 5.74) is 0.547. The SMILES string of the molecule is CCOC(=O)Cc1csc(NC(=O)CSc2ccccc2F)n1. The molecule has 2 aromatic rings. The van der Waals surface area contributed by atoms with Crippen molar-refractivity contribution in [3.8, 4) is 0 Å². The van der Waals surface area contributed by atoms with Crippen LogP contribution >= 0.6 is 23.1 Å². The number of anilines is 1. The van der Waals surface area contributed by atoms with Crippen molar-refractivity contribution in [3.05, 3.63) is 41.2 Å². The molecule has 0 radical (unpaired) electrons. The third-order valence-electron chi connectivity index (χ3n) is 2.62. The maximum absolute atomic E-state index is 13.4. The van der Waals surface area contributed by atoms with Gasteiger partial charge in [-0.25, -0.2) is 9.37 Å². The number of nitrogens with zero attached hydrogens (tertiary/aromatic N) is 1. The molecule has 1 amide bonds. The van der Waals surface area contributed by atoms with Gasteiger partial charge in [-0.3, -0.25) is 9.59 Å². The smallest absolute Gasteiger partial charge is 0.311 e. The van der Waals surface area contributed by atoms with E-state index in [1.807, 2.05) is 0 Å². The Morgan fingerprint density at radius 1 is 1.39 bits per heavy atom. The number of carbonyl (C=O) groups excluding carboxylic acids is 2. The van der Waals surface area contributed by atoms with Crippen molar-refractivity contribution in [2.45, 2.75) is 18.2 Å². The molecule has 8 heteroatoms. The van der Waals surface area contributed by atoms with Crippen LogP contribution in [-0.2, 0) is 20.7 Å². The van der Waals surface area contributed by atoms with E-state index in [0.29, 0.717) is 22.3 Å². The first-order valence-electron chi connectivity index (χ1n) is 6.85. The number of rotatable bonds is 7. The Bertz CT molecular complexity index is 691. The van der Waals surface area contributed by atoms with Crippen LogP contribution in [0.5, 0.6) is 0 Å². The van der Waals surface area contributed by atoms with Crippen LogP contribution in [-0.4, -0.2) is 29.2 Å². The molecule has 0 fully saturated rings. The van der Waals surface area contributed by atoms with Crippen molar-refractivity contribution in [1.29, 1.82) is 0 Å². The highest BCUT2D eigenvalue weighted by atomic mass is 32.2. The molecule has 23 heavy (non-hydrogen) atoms. The number of carbonyl (C=O) groups is 2. The fourth-order valence-corrected chi connectivity index (χ4v) is 3.13. The van der Waals surface area contributed by atoms with E-state index in [-0.39, 0.29) is 29.9 Å². The summed E-state index contributed by atoms with van der Waals surface area (Å²) in [5.74, 6) is -0.911. The molecule has 1 N–H and O–H groups in total. The second kappa shape index (κ2) is 8.64. The normalized spacial score (nSPS) is 10.3. The van der Waals surface area contributed by atoms with Crippen molar-refractivity contribution in [1.82, 2.24) is 4.98 Å². The molecule has 1 aromatic heterocycles. The Kier molecular flexibility index (Phi) is 6.54. The minimum Gasteiger partial charge on any atom is -0.466 e. The zero-order valence-corrected chi connectivity index (χ0v) is 14.0. The molecular weight excluding hydrogens is 339 g/mol. The Morgan fingerprint density at radius 3 is 2.91 bits per heavy atom. The van der Waals surface area contributed by atoms with Crippen LogP contribution < -0.4 is 5.32 Å². The topological polar surface area (TPSA) is 68.3 Å². The fraction of sp³-hybridized carbons (Fsp3) is 0.267. The van der Waals surface area contributed by atoms with Crippen molar-refractivity contribution in [3.63, 3.8) is 0 Å². The zero-order chi connectivity index (χ0) is 16.7. The van der Waals surface area contributed by atoms with Gasteiger partial charge >= 0.3 is 5.97 Å². The van der Waals surface area contributed by atoms with Crippen molar-refractivity contribution in [2.24, 2.45) is 0 Å². The van der Waals surface area contributed by atoms with Gasteiger partial charge in [-0.1, -0.05) is 12.1 Å². The first-order chi connectivity index (χ1) is 11.1. The lowest BCUT2D eigenvalue weighted by molar-refractivity contribution is -0.142. The summed E-state index contributed by atoms with van der Waals surface area (Å²) in [6.07, 6.45) is 0.0736. The molecule has 0 bridgehead atoms. The average Bonchev–Trinajstić information content (AvgIpc) is 2.93. The highest BCUT2D eigenvalue weighted by molar-refractivity contribution is 8.00. The summed E-state index contributed by atoms with van der Waals surface area (Å²) in [4.78, 5) is 27.8. The average molecular weight is 354 g/mol. The Morgan fingerprint density at radius 2 is 2.17 bits per heavy atom. The summed E-state index contributed by atoms with van der Waals surface area (Å²) in [6.45, 7) is 2.05. The minimum atomic E-state index is -0.356. The molecule has 2 rings (SSSR count). The van der Waals surface area contributed by atoms with E-state index in [1.165, 1.54) is 17.4 Å². The van der Waals surface area contributed by atoms with Gasteiger partial charge in [-0.2, -0.15) is 0 Å². The predicted octanol–water partition coefficient (Wildman–Crippen LogP) is 3.12. The lowest BCUT2D eigenvalue weighted by Gasteiger charge is -2.03. The molecule has 0 aliphatic carbocycles. The second-order valence-corrected chi connectivity index (χ2v) is 6.27. The summed E-state index contributed by atoms with van der Waals surface area (Å²) in [7, 11) is 0. The Balaban J connectivity index is 1.82. The van der Waals surface area contributed by atoms with E-state index in [9.17, 15) is 14.0 Å². The van der Waals surface area contributed by atoms with Crippen LogP contribution in [0.1, 0.15) is 12.6 Å². The molecule has 0 atom stereocenters. The Labute approximate surface area is 141 Å². The number of thioether (sulfide) groups is 1. The third kappa shape index (κ3) is 5.65. The van der Waals surface area contributed by atoms with Gasteiger partial charge in [0.15, 0.2) is 5.13 Å². The van der Waals surface area contributed by atoms with Crippen LogP contribution in [0.2, 0.25) is 0 Å². The monoisotopic (exact) mass is 354 g/mol. The first kappa shape index (κ1) is 17.4. The second-order valence-electron chi connectivity index (χ2n) is 4.39. The van der Waals surface area contributed by atoms with Crippen LogP contribution in [0.25, 0.3) is 0 Å². The third-order valence-corrected chi connectivity index (χ3v) is 4.48. The molecule has 0 aliphatic rings. The largest absolute Gasteiger partial charge is 0.466 e. The number of amides is 1. The maximum atomic E-state index is 13.4. The van der Waals surface area contributed by atoms with E-state index in [2.05, 4.69) is 10.3 Å². The quantitative estimate of drug-likeness (QED) is 0.611. The van der Waals surface area contributed by atoms with Gasteiger partial charge in [0.25, 0.3) is 0 Å². The van der Waals surface area contributed by atoms with Gasteiger partial charge in [0.2, 0.25) is 5.91 Å². The van der Waals surface area contributed by atoms with Crippen molar-refractivity contribution >= 4 is 40.1 Å². The number of ether oxygens (including phenoxy) is 1. The number of hydrogen-bond donors (Lipinski definition) is 1. The molecule has 0 saturated carbocycles. The van der Waals surface area contributed by atoms with Crippen LogP contribution in [0.15, 0.2) is 34.5 Å². The van der Waals surface area contributed by atoms with Gasteiger partial charge in [-0.15, -0.1) is 23.1 Å². The van der Waals surface area contributed by atoms with Gasteiger partial charge in [-0.05, 0) is 19.1 Å². The van der Waals surface area contributed by atoms with E-state index in [1.54, 1.807) is 30.5 Å². The molecule has 0 aliphatic heterocycles. The number of aromatic nitrogens is 1. The molecule has 0 saturated heterocycles. The number of benzene rings is 1. The van der Waals surface area contributed by atoms with E-state index in [4.69, 9.17) is 4.74 Å². The fourth-order valence-electron chi connectivity index (χ4n) is 1.67. The standard InChI is InChI=1S/C15H15FN2O3S2/c1-2-21-14(20)7-10-8-23-15(17-10)18-13(19)9-22-12-6-4-3-5-11(12)16/h3-6,8H,2,7,9H2,1H3,(H,17,18,19). The van der Waals surface area contributed by atoms with Crippen LogP contribution in [0.4, 0.5) is 9.52 Å². The number of nitrogens with one attached hydrogen (secondary N) is 1. The van der Waals surface area contributed by atoms with E-state index >= 15 is 0 Å². The van der Waals surface area contributed by atoms with E-state index in [0.717, 1.165) is 11.8 Å². The number of esters is 1. The number of halogens is 1. The summed E-state index contributed by atoms with van der Waals surface area (Å²) in [5, 5.41) is 4.73. The molecule has 5 nitrogen and oxygen atoms in total. The zero-order valence-electron chi connectivity index (χ0n) is 12.4. The first-order valence-corrected chi connectivity index (χ1v) is 8.72. The summed E-state index contributed by atoms with van der Waals surface area (Å²) >= 11 is 2.34. The summed E-state index contributed by atoms with van der Waals surface area (Å²) in [6, 6.07) is 6.28. The minimum absolute atomic E-state index is 0.0736. The molecule has 0 unspecified atom stereocenters. The molecular formula is C15H15FN2O3S2. The molecule has 1 aromatic carbocycles. The Hall–Kier alpha value is -1.93.